The SMILES string of the molecule is CNCCCc1cnc(-c2ccccc2C)o1. The van der Waals surface area contributed by atoms with E-state index in [0.717, 1.165) is 36.6 Å². The van der Waals surface area contributed by atoms with Gasteiger partial charge in [-0.2, -0.15) is 0 Å². The van der Waals surface area contributed by atoms with Gasteiger partial charge in [0, 0.05) is 12.0 Å². The van der Waals surface area contributed by atoms with Crippen molar-refractivity contribution in [3.63, 3.8) is 0 Å². The number of aromatic nitrogens is 1. The molecule has 0 bridgehead atoms. The average molecular weight is 230 g/mol. The lowest BCUT2D eigenvalue weighted by atomic mass is 10.1. The van der Waals surface area contributed by atoms with Crippen molar-refractivity contribution in [2.75, 3.05) is 13.6 Å². The van der Waals surface area contributed by atoms with Crippen LogP contribution in [0.5, 0.6) is 0 Å². The number of nitrogens with one attached hydrogen (secondary N) is 1. The van der Waals surface area contributed by atoms with Crippen molar-refractivity contribution in [2.45, 2.75) is 19.8 Å². The molecule has 2 rings (SSSR count). The number of oxazole rings is 1. The molecule has 0 unspecified atom stereocenters. The van der Waals surface area contributed by atoms with Crippen LogP contribution >= 0.6 is 0 Å². The van der Waals surface area contributed by atoms with Crippen LogP contribution in [0.25, 0.3) is 11.5 Å². The van der Waals surface area contributed by atoms with Gasteiger partial charge < -0.3 is 9.73 Å². The number of hydrogen-bond acceptors (Lipinski definition) is 3. The molecule has 0 fully saturated rings. The van der Waals surface area contributed by atoms with Crippen LogP contribution < -0.4 is 5.32 Å². The van der Waals surface area contributed by atoms with Crippen molar-refractivity contribution in [1.82, 2.24) is 10.3 Å². The van der Waals surface area contributed by atoms with E-state index in [9.17, 15) is 0 Å². The third kappa shape index (κ3) is 2.94. The molecule has 0 spiro atoms. The van der Waals surface area contributed by atoms with Gasteiger partial charge in [-0.3, -0.25) is 0 Å². The molecular weight excluding hydrogens is 212 g/mol. The summed E-state index contributed by atoms with van der Waals surface area (Å²) < 4.78 is 5.76. The second kappa shape index (κ2) is 5.64. The van der Waals surface area contributed by atoms with Crippen LogP contribution in [0.3, 0.4) is 0 Å². The Morgan fingerprint density at radius 2 is 2.12 bits per heavy atom. The molecule has 0 radical (unpaired) electrons. The maximum atomic E-state index is 5.76. The molecule has 3 heteroatoms. The molecule has 0 aliphatic heterocycles. The van der Waals surface area contributed by atoms with Gasteiger partial charge in [-0.1, -0.05) is 18.2 Å². The lowest BCUT2D eigenvalue weighted by Gasteiger charge is -2.00. The molecule has 90 valence electrons. The van der Waals surface area contributed by atoms with Gasteiger partial charge in [0.15, 0.2) is 0 Å². The van der Waals surface area contributed by atoms with E-state index in [4.69, 9.17) is 4.42 Å². The lowest BCUT2D eigenvalue weighted by Crippen LogP contribution is -2.08. The summed E-state index contributed by atoms with van der Waals surface area (Å²) in [6.45, 7) is 3.07. The fourth-order valence-corrected chi connectivity index (χ4v) is 1.80. The molecule has 1 aromatic carbocycles. The number of hydrogen-bond donors (Lipinski definition) is 1. The van der Waals surface area contributed by atoms with Crippen LogP contribution in [0.2, 0.25) is 0 Å². The molecule has 0 saturated heterocycles. The van der Waals surface area contributed by atoms with Crippen molar-refractivity contribution in [3.05, 3.63) is 41.8 Å². The maximum absolute atomic E-state index is 5.76. The summed E-state index contributed by atoms with van der Waals surface area (Å²) in [6.07, 6.45) is 3.83. The van der Waals surface area contributed by atoms with Gasteiger partial charge in [0.1, 0.15) is 5.76 Å². The first kappa shape index (κ1) is 11.9. The highest BCUT2D eigenvalue weighted by molar-refractivity contribution is 5.57. The Labute approximate surface area is 102 Å². The third-order valence-corrected chi connectivity index (χ3v) is 2.78. The van der Waals surface area contributed by atoms with Gasteiger partial charge >= 0.3 is 0 Å². The van der Waals surface area contributed by atoms with E-state index in [0.29, 0.717) is 0 Å². The first-order chi connectivity index (χ1) is 8.31. The predicted octanol–water partition coefficient (Wildman–Crippen LogP) is 2.80. The summed E-state index contributed by atoms with van der Waals surface area (Å²) in [5.74, 6) is 1.68. The smallest absolute Gasteiger partial charge is 0.226 e. The number of rotatable bonds is 5. The molecule has 0 amide bonds. The van der Waals surface area contributed by atoms with Crippen molar-refractivity contribution >= 4 is 0 Å². The second-order valence-corrected chi connectivity index (χ2v) is 4.15. The van der Waals surface area contributed by atoms with Crippen molar-refractivity contribution < 1.29 is 4.42 Å². The van der Waals surface area contributed by atoms with Gasteiger partial charge in [-0.05, 0) is 38.6 Å². The molecular formula is C14H18N2O. The number of benzene rings is 1. The normalized spacial score (nSPS) is 10.7. The van der Waals surface area contributed by atoms with Crippen LogP contribution in [0.4, 0.5) is 0 Å². The summed E-state index contributed by atoms with van der Waals surface area (Å²) in [6, 6.07) is 8.14. The highest BCUT2D eigenvalue weighted by Gasteiger charge is 2.08. The topological polar surface area (TPSA) is 38.1 Å². The summed E-state index contributed by atoms with van der Waals surface area (Å²) >= 11 is 0. The quantitative estimate of drug-likeness (QED) is 0.803. The fourth-order valence-electron chi connectivity index (χ4n) is 1.80. The van der Waals surface area contributed by atoms with Crippen LogP contribution in [0, 0.1) is 6.92 Å². The Morgan fingerprint density at radius 1 is 1.29 bits per heavy atom. The van der Waals surface area contributed by atoms with Crippen LogP contribution in [0.15, 0.2) is 34.9 Å². The molecule has 2 aromatic rings. The molecule has 3 nitrogen and oxygen atoms in total. The van der Waals surface area contributed by atoms with Gasteiger partial charge in [0.05, 0.1) is 6.20 Å². The number of nitrogens with zero attached hydrogens (tertiary/aromatic N) is 1. The molecule has 1 N–H and O–H groups in total. The minimum absolute atomic E-state index is 0.725. The fraction of sp³-hybridized carbons (Fsp3) is 0.357. The zero-order chi connectivity index (χ0) is 12.1. The van der Waals surface area contributed by atoms with Crippen LogP contribution in [-0.2, 0) is 6.42 Å². The monoisotopic (exact) mass is 230 g/mol. The van der Waals surface area contributed by atoms with Crippen molar-refractivity contribution in [1.29, 1.82) is 0 Å². The van der Waals surface area contributed by atoms with E-state index < -0.39 is 0 Å². The zero-order valence-corrected chi connectivity index (χ0v) is 10.4. The standard InChI is InChI=1S/C14H18N2O/c1-11-6-3-4-8-13(11)14-16-10-12(17-14)7-5-9-15-2/h3-4,6,8,10,15H,5,7,9H2,1-2H3. The molecule has 0 atom stereocenters. The highest BCUT2D eigenvalue weighted by Crippen LogP contribution is 2.22. The van der Waals surface area contributed by atoms with E-state index in [-0.39, 0.29) is 0 Å². The lowest BCUT2D eigenvalue weighted by molar-refractivity contribution is 0.507. The van der Waals surface area contributed by atoms with Gasteiger partial charge in [-0.15, -0.1) is 0 Å². The Hall–Kier alpha value is -1.61. The molecule has 0 aliphatic carbocycles. The first-order valence-electron chi connectivity index (χ1n) is 5.96. The van der Waals surface area contributed by atoms with Gasteiger partial charge in [0.2, 0.25) is 5.89 Å². The van der Waals surface area contributed by atoms with E-state index in [1.54, 1.807) is 0 Å². The third-order valence-electron chi connectivity index (χ3n) is 2.78. The van der Waals surface area contributed by atoms with E-state index in [2.05, 4.69) is 23.3 Å². The van der Waals surface area contributed by atoms with Gasteiger partial charge in [0.25, 0.3) is 0 Å². The van der Waals surface area contributed by atoms with Crippen molar-refractivity contribution in [2.24, 2.45) is 0 Å². The minimum Gasteiger partial charge on any atom is -0.441 e. The Kier molecular flexibility index (Phi) is 3.94. The largest absolute Gasteiger partial charge is 0.441 e. The second-order valence-electron chi connectivity index (χ2n) is 4.15. The van der Waals surface area contributed by atoms with Crippen LogP contribution in [0.1, 0.15) is 17.7 Å². The van der Waals surface area contributed by atoms with E-state index in [1.807, 2.05) is 31.4 Å². The molecule has 0 aliphatic rings. The first-order valence-corrected chi connectivity index (χ1v) is 5.96. The highest BCUT2D eigenvalue weighted by atomic mass is 16.4. The summed E-state index contributed by atoms with van der Waals surface area (Å²) in [4.78, 5) is 4.34. The molecule has 1 heterocycles. The average Bonchev–Trinajstić information content (AvgIpc) is 2.79. The van der Waals surface area contributed by atoms with Gasteiger partial charge in [-0.25, -0.2) is 4.98 Å². The van der Waals surface area contributed by atoms with Crippen molar-refractivity contribution in [3.8, 4) is 11.5 Å². The van der Waals surface area contributed by atoms with E-state index >= 15 is 0 Å². The Balaban J connectivity index is 2.10. The Morgan fingerprint density at radius 3 is 2.88 bits per heavy atom. The Bertz CT molecular complexity index is 477. The maximum Gasteiger partial charge on any atom is 0.226 e. The van der Waals surface area contributed by atoms with Crippen LogP contribution in [-0.4, -0.2) is 18.6 Å². The zero-order valence-electron chi connectivity index (χ0n) is 10.4. The summed E-state index contributed by atoms with van der Waals surface area (Å²) in [5.41, 5.74) is 2.27. The minimum atomic E-state index is 0.725. The summed E-state index contributed by atoms with van der Waals surface area (Å²) in [5, 5.41) is 3.12. The molecule has 0 saturated carbocycles. The predicted molar refractivity (Wildman–Crippen MR) is 68.9 cm³/mol. The molecule has 17 heavy (non-hydrogen) atoms. The summed E-state index contributed by atoms with van der Waals surface area (Å²) in [7, 11) is 1.96. The van der Waals surface area contributed by atoms with E-state index in [1.165, 1.54) is 5.56 Å². The number of aryl methyl sites for hydroxylation is 2. The molecule has 1 aromatic heterocycles.